The van der Waals surface area contributed by atoms with Crippen LogP contribution in [0.4, 0.5) is 0 Å². The van der Waals surface area contributed by atoms with E-state index in [9.17, 15) is 4.79 Å². The van der Waals surface area contributed by atoms with Gasteiger partial charge in [-0.2, -0.15) is 0 Å². The molecule has 3 rings (SSSR count). The van der Waals surface area contributed by atoms with Crippen LogP contribution in [-0.4, -0.2) is 51.5 Å². The number of amides is 1. The van der Waals surface area contributed by atoms with E-state index in [1.54, 1.807) is 22.0 Å². The number of carbonyl (C=O) groups is 1. The van der Waals surface area contributed by atoms with Crippen LogP contribution < -0.4 is 5.73 Å². The molecular weight excluding hydrogens is 294 g/mol. The smallest absolute Gasteiger partial charge is 0.225 e. The second-order valence-electron chi connectivity index (χ2n) is 5.70. The fourth-order valence-electron chi connectivity index (χ4n) is 2.77. The van der Waals surface area contributed by atoms with Gasteiger partial charge in [0.15, 0.2) is 0 Å². The van der Waals surface area contributed by atoms with Gasteiger partial charge in [0.25, 0.3) is 0 Å². The molecule has 1 aromatic carbocycles. The van der Waals surface area contributed by atoms with Gasteiger partial charge in [-0.1, -0.05) is 35.5 Å². The van der Waals surface area contributed by atoms with E-state index in [0.29, 0.717) is 32.7 Å². The van der Waals surface area contributed by atoms with Gasteiger partial charge in [-0.15, -0.1) is 5.10 Å². The molecule has 1 aromatic heterocycles. The summed E-state index contributed by atoms with van der Waals surface area (Å²) >= 11 is 0. The minimum atomic E-state index is -0.120. The fraction of sp³-hybridized carbons (Fsp3) is 0.438. The highest BCUT2D eigenvalue weighted by Gasteiger charge is 2.34. The van der Waals surface area contributed by atoms with Crippen LogP contribution in [0.2, 0.25) is 0 Å². The number of benzene rings is 1. The Morgan fingerprint density at radius 3 is 2.87 bits per heavy atom. The number of hydrogen-bond donors (Lipinski definition) is 1. The van der Waals surface area contributed by atoms with Crippen LogP contribution in [-0.2, 0) is 16.1 Å². The molecule has 1 fully saturated rings. The molecule has 0 saturated carbocycles. The molecule has 7 nitrogen and oxygen atoms in total. The zero-order valence-electron chi connectivity index (χ0n) is 12.9. The van der Waals surface area contributed by atoms with E-state index in [-0.39, 0.29) is 18.0 Å². The van der Waals surface area contributed by atoms with Gasteiger partial charge in [0, 0.05) is 25.3 Å². The Bertz CT molecular complexity index is 617. The van der Waals surface area contributed by atoms with E-state index in [4.69, 9.17) is 10.5 Å². The van der Waals surface area contributed by atoms with Crippen LogP contribution in [0.3, 0.4) is 0 Å². The van der Waals surface area contributed by atoms with Gasteiger partial charge < -0.3 is 15.4 Å². The van der Waals surface area contributed by atoms with E-state index in [1.165, 1.54) is 0 Å². The van der Waals surface area contributed by atoms with Gasteiger partial charge in [0.05, 0.1) is 31.9 Å². The van der Waals surface area contributed by atoms with Gasteiger partial charge in [-0.05, 0) is 5.56 Å². The molecule has 122 valence electrons. The predicted octanol–water partition coefficient (Wildman–Crippen LogP) is 0.596. The molecule has 0 spiro atoms. The predicted molar refractivity (Wildman–Crippen MR) is 84.3 cm³/mol. The van der Waals surface area contributed by atoms with Crippen molar-refractivity contribution >= 4 is 5.91 Å². The summed E-state index contributed by atoms with van der Waals surface area (Å²) in [5, 5.41) is 7.77. The van der Waals surface area contributed by atoms with Crippen molar-refractivity contribution < 1.29 is 9.53 Å². The van der Waals surface area contributed by atoms with Gasteiger partial charge >= 0.3 is 0 Å². The van der Waals surface area contributed by atoms with E-state index < -0.39 is 0 Å². The Balaban J connectivity index is 1.42. The first kappa shape index (κ1) is 15.6. The maximum absolute atomic E-state index is 12.3. The van der Waals surface area contributed by atoms with Crippen molar-refractivity contribution in [2.24, 2.45) is 5.73 Å². The zero-order valence-corrected chi connectivity index (χ0v) is 12.9. The van der Waals surface area contributed by atoms with Crippen LogP contribution in [0.1, 0.15) is 18.0 Å². The number of nitrogens with two attached hydrogens (primary N) is 1. The highest BCUT2D eigenvalue weighted by Crippen LogP contribution is 2.20. The first-order chi connectivity index (χ1) is 11.2. The lowest BCUT2D eigenvalue weighted by Crippen LogP contribution is -2.33. The second kappa shape index (κ2) is 7.34. The largest absolute Gasteiger partial charge is 0.376 e. The third-order valence-corrected chi connectivity index (χ3v) is 4.04. The SMILES string of the molecule is N[C@@H]1CN(C(=O)CCOCc2ccccc2)C[C@@H]1n1ccnn1. The molecule has 0 unspecified atom stereocenters. The van der Waals surface area contributed by atoms with Crippen molar-refractivity contribution in [2.45, 2.75) is 25.1 Å². The Morgan fingerprint density at radius 2 is 2.13 bits per heavy atom. The molecule has 1 aliphatic rings. The lowest BCUT2D eigenvalue weighted by atomic mass is 10.2. The van der Waals surface area contributed by atoms with Crippen molar-refractivity contribution in [3.05, 3.63) is 48.3 Å². The average molecular weight is 315 g/mol. The maximum atomic E-state index is 12.3. The molecule has 7 heteroatoms. The van der Waals surface area contributed by atoms with Crippen molar-refractivity contribution in [1.82, 2.24) is 19.9 Å². The van der Waals surface area contributed by atoms with E-state index in [1.807, 2.05) is 30.3 Å². The van der Waals surface area contributed by atoms with Gasteiger partial charge in [-0.3, -0.25) is 4.79 Å². The maximum Gasteiger partial charge on any atom is 0.225 e. The average Bonchev–Trinajstić information content (AvgIpc) is 3.21. The molecule has 0 bridgehead atoms. The topological polar surface area (TPSA) is 86.3 Å². The fourth-order valence-corrected chi connectivity index (χ4v) is 2.77. The molecule has 0 aliphatic carbocycles. The third kappa shape index (κ3) is 3.94. The van der Waals surface area contributed by atoms with Crippen molar-refractivity contribution in [2.75, 3.05) is 19.7 Å². The molecule has 2 atom stereocenters. The summed E-state index contributed by atoms with van der Waals surface area (Å²) in [7, 11) is 0. The first-order valence-electron chi connectivity index (χ1n) is 7.75. The van der Waals surface area contributed by atoms with E-state index in [2.05, 4.69) is 10.3 Å². The highest BCUT2D eigenvalue weighted by molar-refractivity contribution is 5.76. The molecule has 23 heavy (non-hydrogen) atoms. The summed E-state index contributed by atoms with van der Waals surface area (Å²) in [6.45, 7) is 2.05. The summed E-state index contributed by atoms with van der Waals surface area (Å²) in [6, 6.07) is 9.79. The number of likely N-dealkylation sites (tertiary alicyclic amines) is 1. The summed E-state index contributed by atoms with van der Waals surface area (Å²) < 4.78 is 7.30. The van der Waals surface area contributed by atoms with E-state index >= 15 is 0 Å². The van der Waals surface area contributed by atoms with Crippen LogP contribution in [0.5, 0.6) is 0 Å². The first-order valence-corrected chi connectivity index (χ1v) is 7.75. The van der Waals surface area contributed by atoms with Crippen LogP contribution in [0.25, 0.3) is 0 Å². The van der Waals surface area contributed by atoms with Crippen molar-refractivity contribution in [3.8, 4) is 0 Å². The normalized spacial score (nSPS) is 20.8. The second-order valence-corrected chi connectivity index (χ2v) is 5.70. The number of aromatic nitrogens is 3. The molecule has 2 heterocycles. The zero-order chi connectivity index (χ0) is 16.1. The summed E-state index contributed by atoms with van der Waals surface area (Å²) in [5.41, 5.74) is 7.22. The molecule has 2 N–H and O–H groups in total. The Hall–Kier alpha value is -2.25. The number of ether oxygens (including phenoxy) is 1. The van der Waals surface area contributed by atoms with Gasteiger partial charge in [0.2, 0.25) is 5.91 Å². The quantitative estimate of drug-likeness (QED) is 0.789. The van der Waals surface area contributed by atoms with E-state index in [0.717, 1.165) is 5.56 Å². The molecule has 1 saturated heterocycles. The molecule has 2 aromatic rings. The third-order valence-electron chi connectivity index (χ3n) is 4.04. The monoisotopic (exact) mass is 315 g/mol. The highest BCUT2D eigenvalue weighted by atomic mass is 16.5. The molecule has 1 aliphatic heterocycles. The Kier molecular flexibility index (Phi) is 4.99. The summed E-state index contributed by atoms with van der Waals surface area (Å²) in [4.78, 5) is 14.0. The van der Waals surface area contributed by atoms with Crippen molar-refractivity contribution in [1.29, 1.82) is 0 Å². The molecular formula is C16H21N5O2. The number of carbonyl (C=O) groups excluding carboxylic acids is 1. The molecule has 1 amide bonds. The lowest BCUT2D eigenvalue weighted by Gasteiger charge is -2.16. The van der Waals surface area contributed by atoms with Crippen LogP contribution >= 0.6 is 0 Å². The minimum Gasteiger partial charge on any atom is -0.376 e. The van der Waals surface area contributed by atoms with Crippen LogP contribution in [0.15, 0.2) is 42.7 Å². The number of rotatable bonds is 6. The standard InChI is InChI=1S/C16H21N5O2/c17-14-10-20(11-15(14)21-8-7-18-19-21)16(22)6-9-23-12-13-4-2-1-3-5-13/h1-5,7-8,14-15H,6,9-12,17H2/t14-,15+/m1/s1. The lowest BCUT2D eigenvalue weighted by molar-refractivity contribution is -0.131. The summed E-state index contributed by atoms with van der Waals surface area (Å²) in [6.07, 6.45) is 3.76. The van der Waals surface area contributed by atoms with Gasteiger partial charge in [-0.25, -0.2) is 4.68 Å². The Labute approximate surface area is 135 Å². The number of hydrogen-bond acceptors (Lipinski definition) is 5. The van der Waals surface area contributed by atoms with Crippen LogP contribution in [0, 0.1) is 0 Å². The van der Waals surface area contributed by atoms with Gasteiger partial charge in [0.1, 0.15) is 0 Å². The number of nitrogens with zero attached hydrogens (tertiary/aromatic N) is 4. The minimum absolute atomic E-state index is 0.00770. The Morgan fingerprint density at radius 1 is 1.30 bits per heavy atom. The summed E-state index contributed by atoms with van der Waals surface area (Å²) in [5.74, 6) is 0.0659. The van der Waals surface area contributed by atoms with Crippen molar-refractivity contribution in [3.63, 3.8) is 0 Å². The molecule has 0 radical (unpaired) electrons.